The van der Waals surface area contributed by atoms with Gasteiger partial charge in [-0.1, -0.05) is 42.5 Å². The molecular formula is C17H16NO+. The number of hydrogen-bond acceptors (Lipinski definition) is 1. The molecule has 0 aliphatic heterocycles. The molecule has 0 unspecified atom stereocenters. The van der Waals surface area contributed by atoms with Gasteiger partial charge in [0.2, 0.25) is 11.2 Å². The van der Waals surface area contributed by atoms with E-state index in [9.17, 15) is 5.11 Å². The summed E-state index contributed by atoms with van der Waals surface area (Å²) in [5.74, 6) is 0. The Morgan fingerprint density at radius 2 is 1.53 bits per heavy atom. The highest BCUT2D eigenvalue weighted by Gasteiger charge is 2.14. The fourth-order valence-electron chi connectivity index (χ4n) is 2.40. The van der Waals surface area contributed by atoms with Gasteiger partial charge in [0.25, 0.3) is 0 Å². The first-order chi connectivity index (χ1) is 9.38. The van der Waals surface area contributed by atoms with Crippen molar-refractivity contribution < 1.29 is 9.67 Å². The third-order valence-electron chi connectivity index (χ3n) is 3.38. The summed E-state index contributed by atoms with van der Waals surface area (Å²) in [6.07, 6.45) is 0. The first-order valence-corrected chi connectivity index (χ1v) is 6.44. The van der Waals surface area contributed by atoms with Crippen LogP contribution in [0.2, 0.25) is 0 Å². The molecular weight excluding hydrogens is 234 g/mol. The molecule has 94 valence electrons. The maximum absolute atomic E-state index is 9.54. The van der Waals surface area contributed by atoms with Crippen molar-refractivity contribution in [1.29, 1.82) is 0 Å². The monoisotopic (exact) mass is 250 g/mol. The van der Waals surface area contributed by atoms with Gasteiger partial charge >= 0.3 is 0 Å². The number of pyridine rings is 1. The summed E-state index contributed by atoms with van der Waals surface area (Å²) in [5, 5.41) is 10.7. The van der Waals surface area contributed by atoms with Crippen molar-refractivity contribution in [2.24, 2.45) is 0 Å². The van der Waals surface area contributed by atoms with E-state index in [1.165, 1.54) is 10.9 Å². The maximum Gasteiger partial charge on any atom is 0.213 e. The van der Waals surface area contributed by atoms with E-state index in [2.05, 4.69) is 34.9 Å². The van der Waals surface area contributed by atoms with E-state index in [1.807, 2.05) is 36.4 Å². The van der Waals surface area contributed by atoms with E-state index in [1.54, 1.807) is 0 Å². The van der Waals surface area contributed by atoms with Gasteiger partial charge in [-0.05, 0) is 12.1 Å². The zero-order valence-electron chi connectivity index (χ0n) is 10.7. The van der Waals surface area contributed by atoms with Gasteiger partial charge in [-0.15, -0.1) is 0 Å². The van der Waals surface area contributed by atoms with Crippen molar-refractivity contribution in [1.82, 2.24) is 0 Å². The fraction of sp³-hybridized carbons (Fsp3) is 0.118. The van der Waals surface area contributed by atoms with Gasteiger partial charge in [-0.3, -0.25) is 0 Å². The van der Waals surface area contributed by atoms with Crippen molar-refractivity contribution in [2.45, 2.75) is 13.2 Å². The standard InChI is InChI=1S/C17H16NO/c19-13-16-11-10-15-8-4-5-9-17(15)18(16)12-14-6-2-1-3-7-14/h1-11,19H,12-13H2/q+1. The molecule has 2 aromatic carbocycles. The second-order valence-corrected chi connectivity index (χ2v) is 4.61. The van der Waals surface area contributed by atoms with E-state index < -0.39 is 0 Å². The zero-order valence-corrected chi connectivity index (χ0v) is 10.7. The molecule has 0 amide bonds. The van der Waals surface area contributed by atoms with Gasteiger partial charge in [-0.25, -0.2) is 0 Å². The molecule has 1 heterocycles. The molecule has 0 saturated carbocycles. The average Bonchev–Trinajstić information content (AvgIpc) is 2.49. The van der Waals surface area contributed by atoms with Crippen LogP contribution in [0.25, 0.3) is 10.9 Å². The number of aliphatic hydroxyl groups is 1. The molecule has 0 fully saturated rings. The third kappa shape index (κ3) is 2.35. The highest BCUT2D eigenvalue weighted by Crippen LogP contribution is 2.11. The van der Waals surface area contributed by atoms with Crippen LogP contribution >= 0.6 is 0 Å². The zero-order chi connectivity index (χ0) is 13.1. The third-order valence-corrected chi connectivity index (χ3v) is 3.38. The van der Waals surface area contributed by atoms with Crippen LogP contribution in [0.4, 0.5) is 0 Å². The minimum atomic E-state index is 0.0532. The summed E-state index contributed by atoms with van der Waals surface area (Å²) < 4.78 is 2.17. The Hall–Kier alpha value is -2.19. The molecule has 0 spiro atoms. The SMILES string of the molecule is OCc1ccc2ccccc2[n+]1Cc1ccccc1. The Morgan fingerprint density at radius 1 is 0.789 bits per heavy atom. The Kier molecular flexibility index (Phi) is 3.25. The Morgan fingerprint density at radius 3 is 2.32 bits per heavy atom. The number of benzene rings is 2. The molecule has 3 aromatic rings. The number of rotatable bonds is 3. The Balaban J connectivity index is 2.15. The minimum absolute atomic E-state index is 0.0532. The second-order valence-electron chi connectivity index (χ2n) is 4.61. The van der Waals surface area contributed by atoms with Gasteiger partial charge in [0.05, 0.1) is 0 Å². The number of aliphatic hydroxyl groups excluding tert-OH is 1. The molecule has 0 bridgehead atoms. The summed E-state index contributed by atoms with van der Waals surface area (Å²) in [5.41, 5.74) is 3.32. The predicted octanol–water partition coefficient (Wildman–Crippen LogP) is 2.67. The number of aromatic nitrogens is 1. The molecule has 0 radical (unpaired) electrons. The number of nitrogens with zero attached hydrogens (tertiary/aromatic N) is 1. The van der Waals surface area contributed by atoms with E-state index in [0.29, 0.717) is 0 Å². The molecule has 3 rings (SSSR count). The lowest BCUT2D eigenvalue weighted by Crippen LogP contribution is -2.39. The molecule has 0 saturated heterocycles. The quantitative estimate of drug-likeness (QED) is 0.710. The van der Waals surface area contributed by atoms with Gasteiger partial charge in [0, 0.05) is 23.1 Å². The molecule has 2 heteroatoms. The van der Waals surface area contributed by atoms with Crippen molar-refractivity contribution in [3.63, 3.8) is 0 Å². The first-order valence-electron chi connectivity index (χ1n) is 6.44. The summed E-state index contributed by atoms with van der Waals surface area (Å²) in [4.78, 5) is 0. The van der Waals surface area contributed by atoms with Crippen molar-refractivity contribution in [2.75, 3.05) is 0 Å². The van der Waals surface area contributed by atoms with E-state index in [4.69, 9.17) is 0 Å². The second kappa shape index (κ2) is 5.21. The lowest BCUT2D eigenvalue weighted by Gasteiger charge is -2.06. The van der Waals surface area contributed by atoms with E-state index in [-0.39, 0.29) is 6.61 Å². The summed E-state index contributed by atoms with van der Waals surface area (Å²) in [7, 11) is 0. The van der Waals surface area contributed by atoms with E-state index in [0.717, 1.165) is 17.8 Å². The maximum atomic E-state index is 9.54. The summed E-state index contributed by atoms with van der Waals surface area (Å²) in [6, 6.07) is 22.6. The number of fused-ring (bicyclic) bond motifs is 1. The van der Waals surface area contributed by atoms with Crippen molar-refractivity contribution >= 4 is 10.9 Å². The smallest absolute Gasteiger partial charge is 0.213 e. The highest BCUT2D eigenvalue weighted by molar-refractivity contribution is 5.75. The van der Waals surface area contributed by atoms with Crippen LogP contribution in [0, 0.1) is 0 Å². The Labute approximate surface area is 112 Å². The Bertz CT molecular complexity index is 692. The van der Waals surface area contributed by atoms with Crippen LogP contribution in [0.5, 0.6) is 0 Å². The summed E-state index contributed by atoms with van der Waals surface area (Å²) in [6.45, 7) is 0.829. The topological polar surface area (TPSA) is 24.1 Å². The van der Waals surface area contributed by atoms with Gasteiger partial charge in [0.15, 0.2) is 6.54 Å². The van der Waals surface area contributed by atoms with Gasteiger partial charge < -0.3 is 5.11 Å². The normalized spacial score (nSPS) is 10.8. The molecule has 1 aromatic heterocycles. The molecule has 0 aliphatic rings. The predicted molar refractivity (Wildman–Crippen MR) is 75.6 cm³/mol. The largest absolute Gasteiger partial charge is 0.385 e. The van der Waals surface area contributed by atoms with Crippen molar-refractivity contribution in [3.05, 3.63) is 78.0 Å². The van der Waals surface area contributed by atoms with Crippen molar-refractivity contribution in [3.8, 4) is 0 Å². The van der Waals surface area contributed by atoms with Gasteiger partial charge in [-0.2, -0.15) is 4.57 Å². The van der Waals surface area contributed by atoms with Crippen LogP contribution in [0.1, 0.15) is 11.3 Å². The fourth-order valence-corrected chi connectivity index (χ4v) is 2.40. The molecule has 19 heavy (non-hydrogen) atoms. The summed E-state index contributed by atoms with van der Waals surface area (Å²) >= 11 is 0. The minimum Gasteiger partial charge on any atom is -0.385 e. The van der Waals surface area contributed by atoms with Crippen LogP contribution in [0.15, 0.2) is 66.7 Å². The lowest BCUT2D eigenvalue weighted by atomic mass is 10.1. The molecule has 0 aliphatic carbocycles. The first kappa shape index (κ1) is 11.9. The van der Waals surface area contributed by atoms with Gasteiger partial charge in [0.1, 0.15) is 6.61 Å². The van der Waals surface area contributed by atoms with Crippen LogP contribution in [0.3, 0.4) is 0 Å². The average molecular weight is 250 g/mol. The van der Waals surface area contributed by atoms with E-state index >= 15 is 0 Å². The van der Waals surface area contributed by atoms with Crippen LogP contribution < -0.4 is 4.57 Å². The lowest BCUT2D eigenvalue weighted by molar-refractivity contribution is -0.672. The molecule has 0 atom stereocenters. The van der Waals surface area contributed by atoms with Crippen LogP contribution in [-0.2, 0) is 13.2 Å². The highest BCUT2D eigenvalue weighted by atomic mass is 16.3. The number of hydrogen-bond donors (Lipinski definition) is 1. The molecule has 2 nitrogen and oxygen atoms in total. The molecule has 1 N–H and O–H groups in total. The van der Waals surface area contributed by atoms with Crippen LogP contribution in [-0.4, -0.2) is 5.11 Å². The number of para-hydroxylation sites is 1.